The number of allylic oxidation sites excluding steroid dienone is 3. The summed E-state index contributed by atoms with van der Waals surface area (Å²) in [5, 5.41) is 82.6. The number of hydrogen-bond acceptors (Lipinski definition) is 12. The number of aliphatic hydroxyl groups excluding tert-OH is 5. The fourth-order valence-corrected chi connectivity index (χ4v) is 24.3. The molecule has 4 bridgehead atoms. The number of nitrogens with zero attached hydrogens (tertiary/aromatic N) is 3. The summed E-state index contributed by atoms with van der Waals surface area (Å²) in [6.45, 7) is 8.80. The van der Waals surface area contributed by atoms with Crippen molar-refractivity contribution in [2.24, 2.45) is 91.6 Å². The van der Waals surface area contributed by atoms with Gasteiger partial charge in [-0.1, -0.05) is 108 Å². The molecule has 12 rings (SSSR count). The van der Waals surface area contributed by atoms with Crippen LogP contribution < -0.4 is 16.4 Å². The number of rotatable bonds is 10. The monoisotopic (exact) mass is 1120 g/mol. The smallest absolute Gasteiger partial charge is 0.190 e. The predicted molar refractivity (Wildman–Crippen MR) is 313 cm³/mol. The Bertz CT molecular complexity index is 2710. The number of aliphatic imine (C=N–C) groups is 1. The third-order valence-electron chi connectivity index (χ3n) is 23.5. The van der Waals surface area contributed by atoms with Gasteiger partial charge in [0.1, 0.15) is 6.23 Å². The highest BCUT2D eigenvalue weighted by Gasteiger charge is 2.76. The second-order valence-corrected chi connectivity index (χ2v) is 30.6. The zero-order chi connectivity index (χ0) is 55.4. The van der Waals surface area contributed by atoms with Crippen LogP contribution in [0.5, 0.6) is 0 Å². The molecule has 19 atom stereocenters. The first kappa shape index (κ1) is 56.5. The van der Waals surface area contributed by atoms with Crippen molar-refractivity contribution in [3.8, 4) is 0 Å². The van der Waals surface area contributed by atoms with Crippen LogP contribution in [0.4, 0.5) is 0 Å². The zero-order valence-electron chi connectivity index (χ0n) is 47.6. The Morgan fingerprint density at radius 1 is 0.962 bits per heavy atom. The molecule has 432 valence electrons. The van der Waals surface area contributed by atoms with Crippen molar-refractivity contribution in [2.45, 2.75) is 178 Å². The minimum absolute atomic E-state index is 0.0749. The van der Waals surface area contributed by atoms with E-state index in [1.807, 2.05) is 40.2 Å². The van der Waals surface area contributed by atoms with Crippen molar-refractivity contribution >= 4 is 33.3 Å². The average molecular weight is 1120 g/mol. The van der Waals surface area contributed by atoms with Crippen LogP contribution in [0.3, 0.4) is 0 Å². The number of aromatic nitrogens is 2. The minimum atomic E-state index is -1.72. The Morgan fingerprint density at radius 3 is 2.44 bits per heavy atom. The number of hydrogen-bond donors (Lipinski definition) is 9. The van der Waals surface area contributed by atoms with Crippen LogP contribution in [0.1, 0.15) is 142 Å². The average Bonchev–Trinajstić information content (AvgIpc) is 2.84. The van der Waals surface area contributed by atoms with E-state index in [-0.39, 0.29) is 83.0 Å². The molecule has 1 aromatic carbocycles. The van der Waals surface area contributed by atoms with Crippen molar-refractivity contribution in [3.05, 3.63) is 88.6 Å². The van der Waals surface area contributed by atoms with Gasteiger partial charge < -0.3 is 51.6 Å². The molecule has 2 aromatic rings. The van der Waals surface area contributed by atoms with Crippen LogP contribution >= 0.6 is 21.6 Å². The summed E-state index contributed by atoms with van der Waals surface area (Å²) < 4.78 is 2.32. The fourth-order valence-electron chi connectivity index (χ4n) is 21.0. The van der Waals surface area contributed by atoms with Gasteiger partial charge in [-0.3, -0.25) is 9.79 Å². The van der Waals surface area contributed by atoms with E-state index >= 15 is 9.90 Å². The van der Waals surface area contributed by atoms with Gasteiger partial charge in [0, 0.05) is 77.5 Å². The van der Waals surface area contributed by atoms with Gasteiger partial charge in [-0.05, 0) is 173 Å². The number of nitrogens with two attached hydrogens (primary N) is 1. The molecule has 1 aromatic heterocycles. The molecule has 7 fully saturated rings. The normalized spacial score (nSPS) is 42.8. The first-order valence-corrected chi connectivity index (χ1v) is 33.1. The number of aliphatic hydroxyl groups is 6. The lowest BCUT2D eigenvalue weighted by atomic mass is 9.40. The summed E-state index contributed by atoms with van der Waals surface area (Å²) >= 11 is 0. The molecule has 1 aliphatic heterocycles. The quantitative estimate of drug-likeness (QED) is 0.0360. The van der Waals surface area contributed by atoms with Gasteiger partial charge >= 0.3 is 0 Å². The molecule has 1 spiro atoms. The van der Waals surface area contributed by atoms with E-state index in [0.717, 1.165) is 57.1 Å². The fraction of sp³-hybridized carbons (Fsp3) is 0.734. The SMILES string of the molecule is CNCC1C(O)C(O)CC2(C)C3C(=CC(=O)C12)C1(O)C2CC(C4CC5CCCC6=C5C(C(=C5CCCC7(CCCC7)C65)C(C)(C)CC(n5ccnc5)CSSC2CCc2ccccc2)C4O)C1(CO)CC3CN=C(N)NC(C)O. The maximum Gasteiger partial charge on any atom is 0.190 e. The second kappa shape index (κ2) is 21.6. The van der Waals surface area contributed by atoms with Crippen LogP contribution in [-0.4, -0.2) is 120 Å². The van der Waals surface area contributed by atoms with E-state index in [4.69, 9.17) is 10.7 Å². The molecule has 1 saturated heterocycles. The molecule has 15 heteroatoms. The lowest BCUT2D eigenvalue weighted by Crippen LogP contribution is -2.69. The number of imidazole rings is 1. The van der Waals surface area contributed by atoms with Gasteiger partial charge in [-0.2, -0.15) is 0 Å². The molecule has 13 nitrogen and oxygen atoms in total. The lowest BCUT2D eigenvalue weighted by Gasteiger charge is -2.65. The van der Waals surface area contributed by atoms with Gasteiger partial charge in [0.15, 0.2) is 11.7 Å². The maximum absolute atomic E-state index is 15.6. The summed E-state index contributed by atoms with van der Waals surface area (Å²) in [6.07, 6.45) is 20.0. The first-order valence-electron chi connectivity index (χ1n) is 30.7. The zero-order valence-corrected chi connectivity index (χ0v) is 49.2. The summed E-state index contributed by atoms with van der Waals surface area (Å²) in [7, 11) is 5.56. The molecule has 79 heavy (non-hydrogen) atoms. The Hall–Kier alpha value is -2.99. The molecule has 9 aliphatic carbocycles. The van der Waals surface area contributed by atoms with Crippen molar-refractivity contribution in [3.63, 3.8) is 0 Å². The Labute approximate surface area is 477 Å². The molecule has 0 radical (unpaired) electrons. The Balaban J connectivity index is 1.08. The van der Waals surface area contributed by atoms with Crippen LogP contribution in [0, 0.1) is 80.8 Å². The third kappa shape index (κ3) is 9.07. The first-order chi connectivity index (χ1) is 37.9. The maximum atomic E-state index is 15.6. The van der Waals surface area contributed by atoms with Gasteiger partial charge in [0.05, 0.1) is 36.8 Å². The summed E-state index contributed by atoms with van der Waals surface area (Å²) in [5.41, 5.74) is 10.9. The Kier molecular flexibility index (Phi) is 15.4. The van der Waals surface area contributed by atoms with Crippen LogP contribution in [-0.2, 0) is 11.2 Å². The van der Waals surface area contributed by atoms with Crippen molar-refractivity contribution in [1.29, 1.82) is 0 Å². The van der Waals surface area contributed by atoms with Crippen LogP contribution in [0.15, 0.2) is 88.0 Å². The van der Waals surface area contributed by atoms with Crippen LogP contribution in [0.2, 0.25) is 0 Å². The highest BCUT2D eigenvalue weighted by atomic mass is 33.1. The van der Waals surface area contributed by atoms with E-state index in [2.05, 4.69) is 71.4 Å². The Morgan fingerprint density at radius 2 is 1.72 bits per heavy atom. The second-order valence-electron chi connectivity index (χ2n) is 27.9. The van der Waals surface area contributed by atoms with E-state index in [0.29, 0.717) is 30.9 Å². The van der Waals surface area contributed by atoms with Gasteiger partial charge in [-0.15, -0.1) is 0 Å². The van der Waals surface area contributed by atoms with Gasteiger partial charge in [0.2, 0.25) is 0 Å². The number of benzene rings is 1. The topological polar surface area (TPSA) is 219 Å². The van der Waals surface area contributed by atoms with E-state index in [9.17, 15) is 25.5 Å². The predicted octanol–water partition coefficient (Wildman–Crippen LogP) is 8.32. The number of nitrogens with one attached hydrogen (secondary N) is 2. The number of ketones is 1. The lowest BCUT2D eigenvalue weighted by molar-refractivity contribution is -0.195. The summed E-state index contributed by atoms with van der Waals surface area (Å²) in [5.74, 6) is -1.95. The molecular weight excluding hydrogens is 1030 g/mol. The number of aryl methyl sites for hydroxylation is 1. The summed E-state index contributed by atoms with van der Waals surface area (Å²) in [6, 6.07) is 10.7. The van der Waals surface area contributed by atoms with E-state index in [1.54, 1.807) is 36.8 Å². The number of carbonyl (C=O) groups is 1. The molecular formula is C64H92N6O7S2. The van der Waals surface area contributed by atoms with E-state index < -0.39 is 64.6 Å². The molecule has 10 N–H and O–H groups in total. The van der Waals surface area contributed by atoms with Crippen molar-refractivity contribution in [2.75, 3.05) is 32.5 Å². The van der Waals surface area contributed by atoms with Crippen molar-refractivity contribution in [1.82, 2.24) is 20.2 Å². The third-order valence-corrected chi connectivity index (χ3v) is 26.5. The minimum Gasteiger partial charge on any atom is -0.396 e. The largest absolute Gasteiger partial charge is 0.396 e. The number of guanidine groups is 1. The van der Waals surface area contributed by atoms with Crippen molar-refractivity contribution < 1.29 is 35.4 Å². The molecule has 0 amide bonds. The van der Waals surface area contributed by atoms with Gasteiger partial charge in [-0.25, -0.2) is 4.98 Å². The van der Waals surface area contributed by atoms with Gasteiger partial charge in [0.25, 0.3) is 0 Å². The highest BCUT2D eigenvalue weighted by Crippen LogP contribution is 2.75. The highest BCUT2D eigenvalue weighted by molar-refractivity contribution is 8.76. The molecule has 10 aliphatic rings. The van der Waals surface area contributed by atoms with E-state index in [1.165, 1.54) is 49.7 Å². The number of carbonyl (C=O) groups excluding carboxylic acids is 1. The molecule has 6 saturated carbocycles. The standard InChI is InChI=1S/C64H92N6O7S2/c1-36(72)69-59(65)68-31-39-28-63(34-71)45-26-46(64(63,77)47-27-48(73)55-44(32-66-5)57(75)49(74)30-61(55,4)53(39)47)50(19-18-37-13-7-6-8-14-37)79-78-33-40(70-24-23-67-35-70)29-60(2,3)56-42-17-12-22-62(20-9-10-21-62)54(42)41-16-11-15-38-25-43(45)58(76)52(56)51(38)41/h6-8,13-14,23-24,27,35-36,38-40,43-46,49-50,52-55,57-58,66,71-72,74-77H,9-12,15-22,25-26,28-34H2,1-5H3,(H3,65,68,69). The molecule has 19 unspecified atom stereocenters. The van der Waals surface area contributed by atoms with Crippen LogP contribution in [0.25, 0.3) is 0 Å². The molecule has 2 heterocycles. The number of fused-ring (bicyclic) bond motifs is 14. The summed E-state index contributed by atoms with van der Waals surface area (Å²) in [4.78, 5) is 25.2.